The van der Waals surface area contributed by atoms with Gasteiger partial charge in [-0.15, -0.1) is 0 Å². The van der Waals surface area contributed by atoms with Gasteiger partial charge in [-0.05, 0) is 12.0 Å². The lowest BCUT2D eigenvalue weighted by atomic mass is 10.0. The summed E-state index contributed by atoms with van der Waals surface area (Å²) in [4.78, 5) is 0. The summed E-state index contributed by atoms with van der Waals surface area (Å²) in [6, 6.07) is 9.15. The fraction of sp³-hybridized carbons (Fsp3) is 0.500. The average Bonchev–Trinajstić information content (AvgIpc) is 2.58. The molecule has 1 saturated heterocycles. The van der Waals surface area contributed by atoms with E-state index in [0.29, 0.717) is 6.42 Å². The molecule has 0 aromatic heterocycles. The van der Waals surface area contributed by atoms with Crippen molar-refractivity contribution in [2.24, 2.45) is 0 Å². The summed E-state index contributed by atoms with van der Waals surface area (Å²) in [5.41, 5.74) is 1.10. The van der Waals surface area contributed by atoms with Gasteiger partial charge in [-0.25, -0.2) is 0 Å². The van der Waals surface area contributed by atoms with Crippen molar-refractivity contribution in [3.63, 3.8) is 0 Å². The van der Waals surface area contributed by atoms with Crippen molar-refractivity contribution in [2.75, 3.05) is 6.61 Å². The van der Waals surface area contributed by atoms with Gasteiger partial charge in [-0.3, -0.25) is 0 Å². The third kappa shape index (κ3) is 2.25. The Bertz CT molecular complexity index is 330. The van der Waals surface area contributed by atoms with Gasteiger partial charge >= 0.3 is 0 Å². The Morgan fingerprint density at radius 2 is 1.62 bits per heavy atom. The summed E-state index contributed by atoms with van der Waals surface area (Å²) >= 11 is 0. The molecule has 1 aliphatic heterocycles. The SMILES string of the molecule is OC[C@H]1N[C@@H](Cc2ccccc2)[C@H](O)[C@@H]1O. The Morgan fingerprint density at radius 3 is 2.19 bits per heavy atom. The average molecular weight is 223 g/mol. The van der Waals surface area contributed by atoms with E-state index in [1.807, 2.05) is 30.3 Å². The van der Waals surface area contributed by atoms with Gasteiger partial charge in [0, 0.05) is 6.04 Å². The van der Waals surface area contributed by atoms with E-state index in [1.54, 1.807) is 0 Å². The minimum atomic E-state index is -0.890. The first kappa shape index (κ1) is 11.5. The van der Waals surface area contributed by atoms with Crippen LogP contribution in [0, 0.1) is 0 Å². The molecule has 88 valence electrons. The van der Waals surface area contributed by atoms with Crippen LogP contribution in [0.25, 0.3) is 0 Å². The van der Waals surface area contributed by atoms with E-state index in [1.165, 1.54) is 0 Å². The number of benzene rings is 1. The molecular formula is C12H17NO3. The number of nitrogens with one attached hydrogen (secondary N) is 1. The molecule has 4 atom stereocenters. The molecule has 0 radical (unpaired) electrons. The largest absolute Gasteiger partial charge is 0.395 e. The fourth-order valence-electron chi connectivity index (χ4n) is 2.16. The Balaban J connectivity index is 2.01. The summed E-state index contributed by atoms with van der Waals surface area (Å²) in [6.07, 6.45) is -1.06. The van der Waals surface area contributed by atoms with E-state index >= 15 is 0 Å². The van der Waals surface area contributed by atoms with Gasteiger partial charge in [0.25, 0.3) is 0 Å². The molecule has 0 spiro atoms. The fourth-order valence-corrected chi connectivity index (χ4v) is 2.16. The van der Waals surface area contributed by atoms with Crippen LogP contribution >= 0.6 is 0 Å². The highest BCUT2D eigenvalue weighted by molar-refractivity contribution is 5.17. The molecule has 4 nitrogen and oxygen atoms in total. The molecule has 1 aromatic rings. The summed E-state index contributed by atoms with van der Waals surface area (Å²) in [6.45, 7) is -0.163. The maximum atomic E-state index is 9.80. The van der Waals surface area contributed by atoms with E-state index in [9.17, 15) is 10.2 Å². The monoisotopic (exact) mass is 223 g/mol. The third-order valence-corrected chi connectivity index (χ3v) is 3.10. The molecular weight excluding hydrogens is 206 g/mol. The van der Waals surface area contributed by atoms with E-state index in [4.69, 9.17) is 5.11 Å². The van der Waals surface area contributed by atoms with Crippen LogP contribution in [-0.4, -0.2) is 46.2 Å². The lowest BCUT2D eigenvalue weighted by Gasteiger charge is -2.15. The Labute approximate surface area is 94.5 Å². The molecule has 0 bridgehead atoms. The van der Waals surface area contributed by atoms with Gasteiger partial charge < -0.3 is 20.6 Å². The van der Waals surface area contributed by atoms with E-state index < -0.39 is 18.2 Å². The number of hydrogen-bond acceptors (Lipinski definition) is 4. The van der Waals surface area contributed by atoms with Crippen LogP contribution in [0.5, 0.6) is 0 Å². The normalized spacial score (nSPS) is 34.2. The zero-order valence-corrected chi connectivity index (χ0v) is 8.95. The molecule has 1 heterocycles. The van der Waals surface area contributed by atoms with Gasteiger partial charge in [0.2, 0.25) is 0 Å². The molecule has 4 heteroatoms. The number of rotatable bonds is 3. The molecule has 1 fully saturated rings. The molecule has 0 unspecified atom stereocenters. The third-order valence-electron chi connectivity index (χ3n) is 3.10. The number of hydrogen-bond donors (Lipinski definition) is 4. The van der Waals surface area contributed by atoms with Gasteiger partial charge in [-0.2, -0.15) is 0 Å². The van der Waals surface area contributed by atoms with Gasteiger partial charge in [-0.1, -0.05) is 30.3 Å². The zero-order valence-electron chi connectivity index (χ0n) is 8.95. The number of aliphatic hydroxyl groups is 3. The molecule has 0 saturated carbocycles. The summed E-state index contributed by atoms with van der Waals surface area (Å²) in [5.74, 6) is 0. The van der Waals surface area contributed by atoms with Crippen molar-refractivity contribution < 1.29 is 15.3 Å². The Hall–Kier alpha value is -0.940. The minimum Gasteiger partial charge on any atom is -0.395 e. The predicted molar refractivity (Wildman–Crippen MR) is 60.0 cm³/mol. The van der Waals surface area contributed by atoms with Crippen molar-refractivity contribution in [1.82, 2.24) is 5.32 Å². The smallest absolute Gasteiger partial charge is 0.0989 e. The van der Waals surface area contributed by atoms with Gasteiger partial charge in [0.15, 0.2) is 0 Å². The van der Waals surface area contributed by atoms with Crippen LogP contribution < -0.4 is 5.32 Å². The second kappa shape index (κ2) is 4.93. The van der Waals surface area contributed by atoms with Crippen molar-refractivity contribution in [3.8, 4) is 0 Å². The van der Waals surface area contributed by atoms with Crippen LogP contribution in [0.4, 0.5) is 0 Å². The van der Waals surface area contributed by atoms with Crippen molar-refractivity contribution >= 4 is 0 Å². The minimum absolute atomic E-state index is 0.163. The Kier molecular flexibility index (Phi) is 3.56. The van der Waals surface area contributed by atoms with E-state index in [0.717, 1.165) is 5.56 Å². The summed E-state index contributed by atoms with van der Waals surface area (Å²) < 4.78 is 0. The van der Waals surface area contributed by atoms with Crippen molar-refractivity contribution in [3.05, 3.63) is 35.9 Å². The van der Waals surface area contributed by atoms with E-state index in [-0.39, 0.29) is 12.6 Å². The lowest BCUT2D eigenvalue weighted by molar-refractivity contribution is 0.0197. The summed E-state index contributed by atoms with van der Waals surface area (Å²) in [5, 5.41) is 31.5. The van der Waals surface area contributed by atoms with Crippen LogP contribution in [-0.2, 0) is 6.42 Å². The highest BCUT2D eigenvalue weighted by Gasteiger charge is 2.40. The predicted octanol–water partition coefficient (Wildman–Crippen LogP) is -0.716. The van der Waals surface area contributed by atoms with E-state index in [2.05, 4.69) is 5.32 Å². The maximum absolute atomic E-state index is 9.80. The first-order valence-electron chi connectivity index (χ1n) is 5.49. The molecule has 1 aliphatic rings. The first-order valence-corrected chi connectivity index (χ1v) is 5.49. The Morgan fingerprint density at radius 1 is 1.00 bits per heavy atom. The topological polar surface area (TPSA) is 72.7 Å². The van der Waals surface area contributed by atoms with Crippen LogP contribution in [0.1, 0.15) is 5.56 Å². The second-order valence-electron chi connectivity index (χ2n) is 4.23. The standard InChI is InChI=1S/C12H17NO3/c14-7-10-12(16)11(15)9(13-10)6-8-4-2-1-3-5-8/h1-5,9-16H,6-7H2/t9-,10+,11-,12+/m0/s1. The van der Waals surface area contributed by atoms with Crippen molar-refractivity contribution in [2.45, 2.75) is 30.7 Å². The molecule has 2 rings (SSSR count). The van der Waals surface area contributed by atoms with Crippen LogP contribution in [0.3, 0.4) is 0 Å². The summed E-state index contributed by atoms with van der Waals surface area (Å²) in [7, 11) is 0. The highest BCUT2D eigenvalue weighted by atomic mass is 16.3. The molecule has 0 aliphatic carbocycles. The maximum Gasteiger partial charge on any atom is 0.0989 e. The molecule has 4 N–H and O–H groups in total. The van der Waals surface area contributed by atoms with Crippen molar-refractivity contribution in [1.29, 1.82) is 0 Å². The lowest BCUT2D eigenvalue weighted by Crippen LogP contribution is -2.36. The van der Waals surface area contributed by atoms with Gasteiger partial charge in [0.05, 0.1) is 24.9 Å². The van der Waals surface area contributed by atoms with Gasteiger partial charge in [0.1, 0.15) is 0 Å². The first-order chi connectivity index (χ1) is 7.72. The second-order valence-corrected chi connectivity index (χ2v) is 4.23. The highest BCUT2D eigenvalue weighted by Crippen LogP contribution is 2.17. The zero-order chi connectivity index (χ0) is 11.5. The quantitative estimate of drug-likeness (QED) is 0.546. The molecule has 0 amide bonds. The van der Waals surface area contributed by atoms with Crippen LogP contribution in [0.2, 0.25) is 0 Å². The molecule has 16 heavy (non-hydrogen) atoms. The number of aliphatic hydroxyl groups excluding tert-OH is 3. The molecule has 1 aromatic carbocycles. The van der Waals surface area contributed by atoms with Crippen LogP contribution in [0.15, 0.2) is 30.3 Å².